The highest BCUT2D eigenvalue weighted by atomic mass is 35.5. The quantitative estimate of drug-likeness (QED) is 0.829. The van der Waals surface area contributed by atoms with Crippen LogP contribution < -0.4 is 5.32 Å². The fourth-order valence-electron chi connectivity index (χ4n) is 3.01. The highest BCUT2D eigenvalue weighted by Gasteiger charge is 2.30. The van der Waals surface area contributed by atoms with E-state index in [1.165, 1.54) is 24.8 Å². The average molecular weight is 286 g/mol. The van der Waals surface area contributed by atoms with Gasteiger partial charge >= 0.3 is 0 Å². The summed E-state index contributed by atoms with van der Waals surface area (Å²) in [5.74, 6) is 1.66. The van der Waals surface area contributed by atoms with Crippen LogP contribution in [0.15, 0.2) is 18.2 Å². The van der Waals surface area contributed by atoms with Gasteiger partial charge in [-0.15, -0.1) is 0 Å². The van der Waals surface area contributed by atoms with Gasteiger partial charge in [-0.05, 0) is 42.4 Å². The summed E-state index contributed by atoms with van der Waals surface area (Å²) in [6, 6.07) is 6.50. The number of benzene rings is 1. The smallest absolute Gasteiger partial charge is 0.0595 e. The molecule has 100 valence electrons. The van der Waals surface area contributed by atoms with Crippen molar-refractivity contribution in [2.24, 2.45) is 11.8 Å². The van der Waals surface area contributed by atoms with E-state index < -0.39 is 0 Å². The third-order valence-electron chi connectivity index (χ3n) is 4.30. The molecule has 1 N–H and O–H groups in total. The van der Waals surface area contributed by atoms with Gasteiger partial charge in [0, 0.05) is 12.6 Å². The van der Waals surface area contributed by atoms with Crippen molar-refractivity contribution in [3.8, 4) is 0 Å². The van der Waals surface area contributed by atoms with E-state index in [4.69, 9.17) is 23.2 Å². The number of halogens is 2. The normalized spacial score (nSPS) is 27.7. The summed E-state index contributed by atoms with van der Waals surface area (Å²) >= 11 is 11.9. The lowest BCUT2D eigenvalue weighted by Crippen LogP contribution is -2.32. The second kappa shape index (κ2) is 6.27. The van der Waals surface area contributed by atoms with Crippen molar-refractivity contribution in [1.82, 2.24) is 5.32 Å². The summed E-state index contributed by atoms with van der Waals surface area (Å²) in [6.45, 7) is 5.54. The molecule has 0 spiro atoms. The molecule has 0 bridgehead atoms. The van der Waals surface area contributed by atoms with Gasteiger partial charge in [-0.1, -0.05) is 49.5 Å². The maximum absolute atomic E-state index is 6.02. The van der Waals surface area contributed by atoms with E-state index in [1.54, 1.807) is 0 Å². The molecule has 0 aromatic heterocycles. The zero-order chi connectivity index (χ0) is 13.1. The topological polar surface area (TPSA) is 12.0 Å². The predicted molar refractivity (Wildman–Crippen MR) is 79.3 cm³/mol. The molecule has 1 aromatic carbocycles. The van der Waals surface area contributed by atoms with Crippen LogP contribution >= 0.6 is 23.2 Å². The lowest BCUT2D eigenvalue weighted by Gasteiger charge is -2.21. The molecule has 0 heterocycles. The molecule has 1 fully saturated rings. The van der Waals surface area contributed by atoms with Crippen molar-refractivity contribution in [2.45, 2.75) is 45.7 Å². The van der Waals surface area contributed by atoms with Crippen molar-refractivity contribution in [3.63, 3.8) is 0 Å². The van der Waals surface area contributed by atoms with E-state index >= 15 is 0 Å². The minimum atomic E-state index is 0.626. The zero-order valence-electron chi connectivity index (χ0n) is 11.0. The van der Waals surface area contributed by atoms with Crippen molar-refractivity contribution >= 4 is 23.2 Å². The first-order valence-electron chi connectivity index (χ1n) is 6.79. The van der Waals surface area contributed by atoms with Gasteiger partial charge in [0.2, 0.25) is 0 Å². The fourth-order valence-corrected chi connectivity index (χ4v) is 3.33. The molecule has 0 aliphatic heterocycles. The Hall–Kier alpha value is -0.240. The Bertz CT molecular complexity index is 405. The van der Waals surface area contributed by atoms with E-state index in [2.05, 4.69) is 19.2 Å². The monoisotopic (exact) mass is 285 g/mol. The first-order chi connectivity index (χ1) is 8.61. The van der Waals surface area contributed by atoms with Crippen LogP contribution in [0.4, 0.5) is 0 Å². The van der Waals surface area contributed by atoms with Gasteiger partial charge in [0.1, 0.15) is 0 Å². The summed E-state index contributed by atoms with van der Waals surface area (Å²) in [6.07, 6.45) is 3.95. The lowest BCUT2D eigenvalue weighted by atomic mass is 9.93. The summed E-state index contributed by atoms with van der Waals surface area (Å²) < 4.78 is 0. The van der Waals surface area contributed by atoms with Crippen LogP contribution in [-0.4, -0.2) is 6.04 Å². The number of hydrogen-bond donors (Lipinski definition) is 1. The summed E-state index contributed by atoms with van der Waals surface area (Å²) in [7, 11) is 0. The fraction of sp³-hybridized carbons (Fsp3) is 0.600. The van der Waals surface area contributed by atoms with Crippen LogP contribution in [-0.2, 0) is 6.54 Å². The van der Waals surface area contributed by atoms with E-state index in [0.29, 0.717) is 16.1 Å². The molecule has 3 unspecified atom stereocenters. The highest BCUT2D eigenvalue weighted by Crippen LogP contribution is 2.34. The first kappa shape index (κ1) is 14.2. The minimum Gasteiger partial charge on any atom is -0.310 e. The zero-order valence-corrected chi connectivity index (χ0v) is 12.6. The minimum absolute atomic E-state index is 0.626. The highest BCUT2D eigenvalue weighted by molar-refractivity contribution is 6.42. The van der Waals surface area contributed by atoms with E-state index in [1.807, 2.05) is 18.2 Å². The van der Waals surface area contributed by atoms with E-state index in [-0.39, 0.29) is 0 Å². The number of hydrogen-bond acceptors (Lipinski definition) is 1. The van der Waals surface area contributed by atoms with Gasteiger partial charge < -0.3 is 5.32 Å². The predicted octanol–water partition coefficient (Wildman–Crippen LogP) is 4.91. The molecule has 1 saturated carbocycles. The second-order valence-electron chi connectivity index (χ2n) is 5.34. The van der Waals surface area contributed by atoms with Crippen LogP contribution in [0.5, 0.6) is 0 Å². The summed E-state index contributed by atoms with van der Waals surface area (Å²) in [5.41, 5.74) is 1.21. The maximum atomic E-state index is 6.02. The molecule has 1 aliphatic rings. The second-order valence-corrected chi connectivity index (χ2v) is 6.16. The Labute approximate surface area is 120 Å². The van der Waals surface area contributed by atoms with Crippen LogP contribution in [0.25, 0.3) is 0 Å². The molecule has 0 radical (unpaired) electrons. The average Bonchev–Trinajstić information content (AvgIpc) is 2.72. The standard InChI is InChI=1S/C15H21Cl2N/c1-3-12-5-7-15(10(12)2)18-9-11-4-6-13(16)14(17)8-11/h4,6,8,10,12,15,18H,3,5,7,9H2,1-2H3. The van der Waals surface area contributed by atoms with Gasteiger partial charge in [0.25, 0.3) is 0 Å². The lowest BCUT2D eigenvalue weighted by molar-refractivity contribution is 0.344. The SMILES string of the molecule is CCC1CCC(NCc2ccc(Cl)c(Cl)c2)C1C. The van der Waals surface area contributed by atoms with E-state index in [0.717, 1.165) is 18.4 Å². The van der Waals surface area contributed by atoms with Crippen LogP contribution in [0.3, 0.4) is 0 Å². The van der Waals surface area contributed by atoms with E-state index in [9.17, 15) is 0 Å². The molecule has 1 aromatic rings. The Morgan fingerprint density at radius 1 is 1.22 bits per heavy atom. The van der Waals surface area contributed by atoms with Gasteiger partial charge in [0.15, 0.2) is 0 Å². The Kier molecular flexibility index (Phi) is 4.94. The molecule has 1 nitrogen and oxygen atoms in total. The third-order valence-corrected chi connectivity index (χ3v) is 5.04. The molecular weight excluding hydrogens is 265 g/mol. The van der Waals surface area contributed by atoms with Gasteiger partial charge in [-0.2, -0.15) is 0 Å². The molecule has 3 heteroatoms. The first-order valence-corrected chi connectivity index (χ1v) is 7.54. The van der Waals surface area contributed by atoms with Gasteiger partial charge in [-0.25, -0.2) is 0 Å². The van der Waals surface area contributed by atoms with Crippen molar-refractivity contribution in [1.29, 1.82) is 0 Å². The van der Waals surface area contributed by atoms with Crippen LogP contribution in [0.1, 0.15) is 38.7 Å². The van der Waals surface area contributed by atoms with Crippen molar-refractivity contribution in [2.75, 3.05) is 0 Å². The largest absolute Gasteiger partial charge is 0.310 e. The molecule has 18 heavy (non-hydrogen) atoms. The Balaban J connectivity index is 1.90. The number of rotatable bonds is 4. The van der Waals surface area contributed by atoms with Gasteiger partial charge in [0.05, 0.1) is 10.0 Å². The summed E-state index contributed by atoms with van der Waals surface area (Å²) in [4.78, 5) is 0. The molecule has 0 amide bonds. The third kappa shape index (κ3) is 3.20. The summed E-state index contributed by atoms with van der Waals surface area (Å²) in [5, 5.41) is 4.92. The van der Waals surface area contributed by atoms with Crippen LogP contribution in [0, 0.1) is 11.8 Å². The molecule has 0 saturated heterocycles. The van der Waals surface area contributed by atoms with Gasteiger partial charge in [-0.3, -0.25) is 0 Å². The molecular formula is C15H21Cl2N. The van der Waals surface area contributed by atoms with Crippen molar-refractivity contribution < 1.29 is 0 Å². The maximum Gasteiger partial charge on any atom is 0.0595 e. The number of nitrogens with one attached hydrogen (secondary N) is 1. The Morgan fingerprint density at radius 3 is 2.61 bits per heavy atom. The molecule has 1 aliphatic carbocycles. The van der Waals surface area contributed by atoms with Crippen molar-refractivity contribution in [3.05, 3.63) is 33.8 Å². The molecule has 2 rings (SSSR count). The van der Waals surface area contributed by atoms with Crippen LogP contribution in [0.2, 0.25) is 10.0 Å². The molecule has 3 atom stereocenters. The Morgan fingerprint density at radius 2 is 2.00 bits per heavy atom.